The molecule has 0 saturated carbocycles. The second kappa shape index (κ2) is 5.93. The first-order valence-corrected chi connectivity index (χ1v) is 7.13. The number of nitrogen functional groups attached to an aromatic ring is 1. The number of rotatable bonds is 3. The second-order valence-corrected chi connectivity index (χ2v) is 5.29. The fraction of sp³-hybridized carbons (Fsp3) is 0. The Hall–Kier alpha value is -2.40. The van der Waals surface area contributed by atoms with E-state index >= 15 is 0 Å². The highest BCUT2D eigenvalue weighted by Crippen LogP contribution is 2.25. The fourth-order valence-corrected chi connectivity index (χ4v) is 2.10. The lowest BCUT2D eigenvalue weighted by Gasteiger charge is -2.07. The van der Waals surface area contributed by atoms with Gasteiger partial charge in [0, 0.05) is 16.1 Å². The first-order valence-electron chi connectivity index (χ1n) is 6.34. The third-order valence-electron chi connectivity index (χ3n) is 2.79. The number of nitrogens with zero attached hydrogens (tertiary/aromatic N) is 2. The minimum absolute atomic E-state index is 0.371. The number of ether oxygens (including phenoxy) is 1. The molecule has 1 heterocycles. The predicted molar refractivity (Wildman–Crippen MR) is 86.1 cm³/mol. The second-order valence-electron chi connectivity index (χ2n) is 4.38. The fourth-order valence-electron chi connectivity index (χ4n) is 1.83. The summed E-state index contributed by atoms with van der Waals surface area (Å²) in [6.07, 6.45) is 0. The van der Waals surface area contributed by atoms with Crippen LogP contribution in [0, 0.1) is 0 Å². The van der Waals surface area contributed by atoms with Crippen molar-refractivity contribution in [3.8, 4) is 23.0 Å². The maximum absolute atomic E-state index is 5.84. The summed E-state index contributed by atoms with van der Waals surface area (Å²) in [6.45, 7) is 0. The number of benzene rings is 2. The number of nitrogens with two attached hydrogens (primary N) is 1. The summed E-state index contributed by atoms with van der Waals surface area (Å²) in [5.74, 6) is 2.03. The van der Waals surface area contributed by atoms with Crippen molar-refractivity contribution in [2.24, 2.45) is 0 Å². The topological polar surface area (TPSA) is 61.0 Å². The molecular formula is C16H12BrN3O. The van der Waals surface area contributed by atoms with Crippen LogP contribution >= 0.6 is 15.9 Å². The number of aromatic nitrogens is 2. The van der Waals surface area contributed by atoms with Crippen molar-refractivity contribution >= 4 is 21.7 Å². The van der Waals surface area contributed by atoms with Crippen molar-refractivity contribution in [2.45, 2.75) is 0 Å². The Bertz CT molecular complexity index is 745. The van der Waals surface area contributed by atoms with E-state index in [0.29, 0.717) is 23.3 Å². The van der Waals surface area contributed by atoms with Gasteiger partial charge in [-0.05, 0) is 24.3 Å². The summed E-state index contributed by atoms with van der Waals surface area (Å²) in [6, 6.07) is 18.8. The minimum Gasteiger partial charge on any atom is -0.439 e. The molecule has 5 heteroatoms. The molecule has 0 fully saturated rings. The van der Waals surface area contributed by atoms with E-state index in [9.17, 15) is 0 Å². The first kappa shape index (κ1) is 13.6. The molecule has 2 N–H and O–H groups in total. The Kier molecular flexibility index (Phi) is 3.83. The zero-order valence-electron chi connectivity index (χ0n) is 11.0. The highest BCUT2D eigenvalue weighted by molar-refractivity contribution is 9.10. The Morgan fingerprint density at radius 2 is 1.62 bits per heavy atom. The average molecular weight is 342 g/mol. The van der Waals surface area contributed by atoms with Gasteiger partial charge in [0.15, 0.2) is 5.82 Å². The minimum atomic E-state index is 0.371. The predicted octanol–water partition coefficient (Wildman–Crippen LogP) is 4.28. The SMILES string of the molecule is Nc1cc(Oc2ccc(Br)cc2)nc(-c2ccccc2)n1. The van der Waals surface area contributed by atoms with Crippen LogP contribution in [-0.4, -0.2) is 9.97 Å². The van der Waals surface area contributed by atoms with E-state index in [-0.39, 0.29) is 0 Å². The summed E-state index contributed by atoms with van der Waals surface area (Å²) in [5.41, 5.74) is 6.73. The lowest BCUT2D eigenvalue weighted by molar-refractivity contribution is 0.462. The molecule has 3 rings (SSSR count). The van der Waals surface area contributed by atoms with E-state index in [2.05, 4.69) is 25.9 Å². The van der Waals surface area contributed by atoms with E-state index in [0.717, 1.165) is 10.0 Å². The van der Waals surface area contributed by atoms with Gasteiger partial charge in [-0.3, -0.25) is 0 Å². The quantitative estimate of drug-likeness (QED) is 0.772. The highest BCUT2D eigenvalue weighted by atomic mass is 79.9. The average Bonchev–Trinajstić information content (AvgIpc) is 2.50. The van der Waals surface area contributed by atoms with E-state index in [4.69, 9.17) is 10.5 Å². The van der Waals surface area contributed by atoms with Gasteiger partial charge in [0.2, 0.25) is 5.88 Å². The molecule has 21 heavy (non-hydrogen) atoms. The molecule has 3 aromatic rings. The van der Waals surface area contributed by atoms with Gasteiger partial charge in [-0.2, -0.15) is 4.98 Å². The summed E-state index contributed by atoms with van der Waals surface area (Å²) in [4.78, 5) is 8.64. The third-order valence-corrected chi connectivity index (χ3v) is 3.32. The van der Waals surface area contributed by atoms with Gasteiger partial charge in [-0.25, -0.2) is 4.98 Å². The number of anilines is 1. The highest BCUT2D eigenvalue weighted by Gasteiger charge is 2.07. The molecule has 2 aromatic carbocycles. The Labute approximate surface area is 130 Å². The van der Waals surface area contributed by atoms with Crippen LogP contribution in [-0.2, 0) is 0 Å². The molecule has 0 unspecified atom stereocenters. The lowest BCUT2D eigenvalue weighted by Crippen LogP contribution is -1.98. The molecule has 0 radical (unpaired) electrons. The smallest absolute Gasteiger partial charge is 0.224 e. The molecule has 0 spiro atoms. The largest absolute Gasteiger partial charge is 0.439 e. The van der Waals surface area contributed by atoms with Crippen LogP contribution in [0.15, 0.2) is 65.1 Å². The standard InChI is InChI=1S/C16H12BrN3O/c17-12-6-8-13(9-7-12)21-15-10-14(18)19-16(20-15)11-4-2-1-3-5-11/h1-10H,(H2,18,19,20). The van der Waals surface area contributed by atoms with Crippen LogP contribution in [0.5, 0.6) is 11.6 Å². The molecule has 0 atom stereocenters. The number of hydrogen-bond acceptors (Lipinski definition) is 4. The molecule has 0 amide bonds. The molecule has 0 aliphatic rings. The monoisotopic (exact) mass is 341 g/mol. The zero-order valence-corrected chi connectivity index (χ0v) is 12.6. The lowest BCUT2D eigenvalue weighted by atomic mass is 10.2. The van der Waals surface area contributed by atoms with Crippen LogP contribution in [0.2, 0.25) is 0 Å². The Morgan fingerprint density at radius 1 is 0.905 bits per heavy atom. The molecular weight excluding hydrogens is 330 g/mol. The first-order chi connectivity index (χ1) is 10.2. The van der Waals surface area contributed by atoms with Crippen LogP contribution in [0.4, 0.5) is 5.82 Å². The van der Waals surface area contributed by atoms with E-state index < -0.39 is 0 Å². The normalized spacial score (nSPS) is 10.3. The van der Waals surface area contributed by atoms with Gasteiger partial charge < -0.3 is 10.5 Å². The zero-order chi connectivity index (χ0) is 14.7. The van der Waals surface area contributed by atoms with Crippen LogP contribution in [0.1, 0.15) is 0 Å². The van der Waals surface area contributed by atoms with E-state index in [1.165, 1.54) is 0 Å². The number of hydrogen-bond donors (Lipinski definition) is 1. The van der Waals surface area contributed by atoms with Crippen molar-refractivity contribution in [2.75, 3.05) is 5.73 Å². The summed E-state index contributed by atoms with van der Waals surface area (Å²) in [5, 5.41) is 0. The van der Waals surface area contributed by atoms with Crippen LogP contribution < -0.4 is 10.5 Å². The van der Waals surface area contributed by atoms with Crippen molar-refractivity contribution in [1.82, 2.24) is 9.97 Å². The molecule has 104 valence electrons. The van der Waals surface area contributed by atoms with Gasteiger partial charge >= 0.3 is 0 Å². The van der Waals surface area contributed by atoms with Gasteiger partial charge in [0.05, 0.1) is 0 Å². The Balaban J connectivity index is 1.93. The van der Waals surface area contributed by atoms with Gasteiger partial charge in [-0.15, -0.1) is 0 Å². The van der Waals surface area contributed by atoms with Crippen LogP contribution in [0.25, 0.3) is 11.4 Å². The summed E-state index contributed by atoms with van der Waals surface area (Å²) >= 11 is 3.38. The van der Waals surface area contributed by atoms with Gasteiger partial charge in [-0.1, -0.05) is 46.3 Å². The maximum atomic E-state index is 5.84. The summed E-state index contributed by atoms with van der Waals surface area (Å²) < 4.78 is 6.71. The maximum Gasteiger partial charge on any atom is 0.224 e. The molecule has 0 saturated heterocycles. The van der Waals surface area contributed by atoms with Crippen molar-refractivity contribution in [3.63, 3.8) is 0 Å². The molecule has 1 aromatic heterocycles. The van der Waals surface area contributed by atoms with Crippen LogP contribution in [0.3, 0.4) is 0 Å². The summed E-state index contributed by atoms with van der Waals surface area (Å²) in [7, 11) is 0. The van der Waals surface area contributed by atoms with Gasteiger partial charge in [0.25, 0.3) is 0 Å². The van der Waals surface area contributed by atoms with Crippen molar-refractivity contribution in [1.29, 1.82) is 0 Å². The third kappa shape index (κ3) is 3.38. The van der Waals surface area contributed by atoms with Gasteiger partial charge in [0.1, 0.15) is 11.6 Å². The molecule has 0 bridgehead atoms. The molecule has 0 aliphatic heterocycles. The van der Waals surface area contributed by atoms with E-state index in [1.54, 1.807) is 6.07 Å². The molecule has 0 aliphatic carbocycles. The van der Waals surface area contributed by atoms with E-state index in [1.807, 2.05) is 54.6 Å². The van der Waals surface area contributed by atoms with Crippen molar-refractivity contribution < 1.29 is 4.74 Å². The molecule has 4 nitrogen and oxygen atoms in total. The Morgan fingerprint density at radius 3 is 2.33 bits per heavy atom. The van der Waals surface area contributed by atoms with Crippen molar-refractivity contribution in [3.05, 3.63) is 65.1 Å². The number of halogens is 1.